The highest BCUT2D eigenvalue weighted by Crippen LogP contribution is 2.28. The Bertz CT molecular complexity index is 513. The molecule has 0 fully saturated rings. The molecule has 0 saturated heterocycles. The molecule has 1 aromatic heterocycles. The molecule has 0 aliphatic rings. The minimum Gasteiger partial charge on any atom is -0.496 e. The average Bonchev–Trinajstić information content (AvgIpc) is 2.73. The number of nitrogens with two attached hydrogens (primary N) is 1. The molecule has 1 heterocycles. The second kappa shape index (κ2) is 5.09. The molecule has 0 radical (unpaired) electrons. The molecule has 2 rings (SSSR count). The highest BCUT2D eigenvalue weighted by molar-refractivity contribution is 7.98. The maximum atomic E-state index is 5.69. The number of hydrogen-bond acceptors (Lipinski definition) is 6. The molecule has 0 aliphatic heterocycles. The topological polar surface area (TPSA) is 74.2 Å². The van der Waals surface area contributed by atoms with Crippen molar-refractivity contribution in [1.82, 2.24) is 10.2 Å². The van der Waals surface area contributed by atoms with Gasteiger partial charge in [-0.15, -0.1) is 10.2 Å². The highest BCUT2D eigenvalue weighted by atomic mass is 32.2. The van der Waals surface area contributed by atoms with Gasteiger partial charge >= 0.3 is 0 Å². The average molecular weight is 251 g/mol. The maximum Gasteiger partial charge on any atom is 0.276 e. The van der Waals surface area contributed by atoms with E-state index in [4.69, 9.17) is 14.9 Å². The fourth-order valence-corrected chi connectivity index (χ4v) is 2.15. The first-order valence-electron chi connectivity index (χ1n) is 5.04. The van der Waals surface area contributed by atoms with E-state index in [1.165, 1.54) is 11.8 Å². The largest absolute Gasteiger partial charge is 0.496 e. The molecule has 17 heavy (non-hydrogen) atoms. The first-order chi connectivity index (χ1) is 8.19. The van der Waals surface area contributed by atoms with Gasteiger partial charge in [-0.25, -0.2) is 0 Å². The Morgan fingerprint density at radius 1 is 1.41 bits per heavy atom. The summed E-state index contributed by atoms with van der Waals surface area (Å²) in [6.45, 7) is 1.76. The molecule has 0 unspecified atom stereocenters. The van der Waals surface area contributed by atoms with Gasteiger partial charge in [-0.3, -0.25) is 0 Å². The third kappa shape index (κ3) is 2.91. The number of methoxy groups -OCH3 is 1. The number of ether oxygens (including phenoxy) is 1. The molecule has 0 aliphatic carbocycles. The summed E-state index contributed by atoms with van der Waals surface area (Å²) in [6, 6.07) is 5.58. The number of thioether (sulfide) groups is 1. The number of hydrogen-bond donors (Lipinski definition) is 1. The number of anilines is 1. The van der Waals surface area contributed by atoms with Crippen LogP contribution in [0.1, 0.15) is 11.5 Å². The van der Waals surface area contributed by atoms with E-state index in [-0.39, 0.29) is 0 Å². The fraction of sp³-hybridized carbons (Fsp3) is 0.273. The van der Waals surface area contributed by atoms with Gasteiger partial charge in [0, 0.05) is 30.0 Å². The Kier molecular flexibility index (Phi) is 3.53. The number of nitrogen functional groups attached to an aromatic ring is 1. The summed E-state index contributed by atoms with van der Waals surface area (Å²) >= 11 is 1.47. The van der Waals surface area contributed by atoms with E-state index in [1.54, 1.807) is 20.1 Å². The highest BCUT2D eigenvalue weighted by Gasteiger charge is 2.07. The van der Waals surface area contributed by atoms with Crippen molar-refractivity contribution >= 4 is 17.4 Å². The SMILES string of the molecule is COc1cc(N)ccc1CSc1nnc(C)o1. The molecule has 2 N–H and O–H groups in total. The molecule has 5 nitrogen and oxygen atoms in total. The second-order valence-corrected chi connectivity index (χ2v) is 4.37. The summed E-state index contributed by atoms with van der Waals surface area (Å²) in [6.07, 6.45) is 0. The van der Waals surface area contributed by atoms with Gasteiger partial charge in [0.05, 0.1) is 7.11 Å². The van der Waals surface area contributed by atoms with Crippen molar-refractivity contribution in [3.05, 3.63) is 29.7 Å². The van der Waals surface area contributed by atoms with E-state index in [0.29, 0.717) is 22.6 Å². The zero-order chi connectivity index (χ0) is 12.3. The molecule has 2 aromatic rings. The number of benzene rings is 1. The molecular formula is C11H13N3O2S. The Labute approximate surface area is 103 Å². The summed E-state index contributed by atoms with van der Waals surface area (Å²) in [5, 5.41) is 8.24. The zero-order valence-corrected chi connectivity index (χ0v) is 10.5. The monoisotopic (exact) mass is 251 g/mol. The van der Waals surface area contributed by atoms with Gasteiger partial charge in [0.25, 0.3) is 5.22 Å². The summed E-state index contributed by atoms with van der Waals surface area (Å²) in [7, 11) is 1.62. The molecule has 0 spiro atoms. The van der Waals surface area contributed by atoms with Gasteiger partial charge in [-0.2, -0.15) is 0 Å². The van der Waals surface area contributed by atoms with Crippen LogP contribution in [0.15, 0.2) is 27.8 Å². The minimum atomic E-state index is 0.557. The number of aryl methyl sites for hydroxylation is 1. The maximum absolute atomic E-state index is 5.69. The molecule has 0 saturated carbocycles. The minimum absolute atomic E-state index is 0.557. The predicted octanol–water partition coefficient (Wildman–Crippen LogP) is 2.26. The van der Waals surface area contributed by atoms with Gasteiger partial charge in [0.2, 0.25) is 5.89 Å². The predicted molar refractivity (Wildman–Crippen MR) is 66.0 cm³/mol. The molecule has 0 atom stereocenters. The van der Waals surface area contributed by atoms with Crippen molar-refractivity contribution < 1.29 is 9.15 Å². The van der Waals surface area contributed by atoms with Crippen LogP contribution in [0.25, 0.3) is 0 Å². The molecule has 0 amide bonds. The van der Waals surface area contributed by atoms with Crippen LogP contribution in [0.3, 0.4) is 0 Å². The van der Waals surface area contributed by atoms with Crippen molar-refractivity contribution in [3.63, 3.8) is 0 Å². The van der Waals surface area contributed by atoms with E-state index >= 15 is 0 Å². The Morgan fingerprint density at radius 2 is 2.24 bits per heavy atom. The standard InChI is InChI=1S/C11H13N3O2S/c1-7-13-14-11(16-7)17-6-8-3-4-9(12)5-10(8)15-2/h3-5H,6,12H2,1-2H3. The van der Waals surface area contributed by atoms with Gasteiger partial charge < -0.3 is 14.9 Å². The van der Waals surface area contributed by atoms with E-state index in [2.05, 4.69) is 10.2 Å². The van der Waals surface area contributed by atoms with Crippen molar-refractivity contribution in [3.8, 4) is 5.75 Å². The second-order valence-electron chi connectivity index (χ2n) is 3.45. The molecule has 6 heteroatoms. The van der Waals surface area contributed by atoms with Crippen LogP contribution in [0.5, 0.6) is 5.75 Å². The van der Waals surface area contributed by atoms with Crippen LogP contribution >= 0.6 is 11.8 Å². The Morgan fingerprint density at radius 3 is 2.88 bits per heavy atom. The van der Waals surface area contributed by atoms with Crippen LogP contribution in [-0.2, 0) is 5.75 Å². The van der Waals surface area contributed by atoms with E-state index < -0.39 is 0 Å². The quantitative estimate of drug-likeness (QED) is 0.663. The van der Waals surface area contributed by atoms with Crippen molar-refractivity contribution in [1.29, 1.82) is 0 Å². The lowest BCUT2D eigenvalue weighted by atomic mass is 10.2. The van der Waals surface area contributed by atoms with Crippen LogP contribution in [0, 0.1) is 6.92 Å². The fourth-order valence-electron chi connectivity index (χ4n) is 1.36. The van der Waals surface area contributed by atoms with Crippen molar-refractivity contribution in [2.45, 2.75) is 17.9 Å². The van der Waals surface area contributed by atoms with Crippen LogP contribution in [0.2, 0.25) is 0 Å². The van der Waals surface area contributed by atoms with E-state index in [1.807, 2.05) is 12.1 Å². The summed E-state index contributed by atoms with van der Waals surface area (Å²) in [5.74, 6) is 2.04. The lowest BCUT2D eigenvalue weighted by molar-refractivity contribution is 0.411. The van der Waals surface area contributed by atoms with Crippen LogP contribution in [0.4, 0.5) is 5.69 Å². The van der Waals surface area contributed by atoms with E-state index in [9.17, 15) is 0 Å². The molecule has 1 aromatic carbocycles. The number of rotatable bonds is 4. The van der Waals surface area contributed by atoms with Gasteiger partial charge in [-0.05, 0) is 6.07 Å². The molecule has 0 bridgehead atoms. The van der Waals surface area contributed by atoms with Gasteiger partial charge in [0.15, 0.2) is 0 Å². The molecular weight excluding hydrogens is 238 g/mol. The normalized spacial score (nSPS) is 10.5. The summed E-state index contributed by atoms with van der Waals surface area (Å²) < 4.78 is 10.5. The summed E-state index contributed by atoms with van der Waals surface area (Å²) in [5.41, 5.74) is 7.41. The van der Waals surface area contributed by atoms with Crippen LogP contribution < -0.4 is 10.5 Å². The zero-order valence-electron chi connectivity index (χ0n) is 9.64. The Hall–Kier alpha value is -1.69. The first kappa shape index (κ1) is 11.8. The Balaban J connectivity index is 2.08. The first-order valence-corrected chi connectivity index (χ1v) is 6.03. The smallest absolute Gasteiger partial charge is 0.276 e. The lowest BCUT2D eigenvalue weighted by Crippen LogP contribution is -1.93. The van der Waals surface area contributed by atoms with Gasteiger partial charge in [-0.1, -0.05) is 17.8 Å². The van der Waals surface area contributed by atoms with Crippen molar-refractivity contribution in [2.75, 3.05) is 12.8 Å². The summed E-state index contributed by atoms with van der Waals surface area (Å²) in [4.78, 5) is 0. The number of nitrogens with zero attached hydrogens (tertiary/aromatic N) is 2. The molecule has 90 valence electrons. The van der Waals surface area contributed by atoms with Crippen molar-refractivity contribution in [2.24, 2.45) is 0 Å². The lowest BCUT2D eigenvalue weighted by Gasteiger charge is -2.07. The third-order valence-electron chi connectivity index (χ3n) is 2.17. The third-order valence-corrected chi connectivity index (χ3v) is 3.04. The number of aromatic nitrogens is 2. The van der Waals surface area contributed by atoms with Crippen LogP contribution in [-0.4, -0.2) is 17.3 Å². The van der Waals surface area contributed by atoms with Gasteiger partial charge in [0.1, 0.15) is 5.75 Å². The van der Waals surface area contributed by atoms with E-state index in [0.717, 1.165) is 11.3 Å².